The first-order valence-corrected chi connectivity index (χ1v) is 10.4. The number of aromatic nitrogens is 3. The quantitative estimate of drug-likeness (QED) is 0.453. The molecule has 5 aromatic rings. The van der Waals surface area contributed by atoms with Gasteiger partial charge >= 0.3 is 0 Å². The number of pyridine rings is 1. The van der Waals surface area contributed by atoms with Crippen molar-refractivity contribution in [2.45, 2.75) is 12.8 Å². The topological polar surface area (TPSA) is 56.7 Å². The lowest BCUT2D eigenvalue weighted by Crippen LogP contribution is -2.00. The van der Waals surface area contributed by atoms with Crippen molar-refractivity contribution in [3.8, 4) is 16.8 Å². The SMILES string of the molecule is NCCCc1ccc(-n2cnc3cnc4ccc(-c5ccsc5)cc4c32)cc1. The zero-order chi connectivity index (χ0) is 18.9. The summed E-state index contributed by atoms with van der Waals surface area (Å²) in [6.07, 6.45) is 5.76. The molecule has 0 amide bonds. The third-order valence-electron chi connectivity index (χ3n) is 5.11. The fraction of sp³-hybridized carbons (Fsp3) is 0.130. The van der Waals surface area contributed by atoms with Gasteiger partial charge in [-0.3, -0.25) is 9.55 Å². The van der Waals surface area contributed by atoms with Crippen LogP contribution in [0.5, 0.6) is 0 Å². The summed E-state index contributed by atoms with van der Waals surface area (Å²) in [5.41, 5.74) is 13.5. The first-order chi connectivity index (χ1) is 13.8. The Morgan fingerprint density at radius 2 is 1.82 bits per heavy atom. The lowest BCUT2D eigenvalue weighted by molar-refractivity contribution is 0.832. The van der Waals surface area contributed by atoms with Crippen LogP contribution >= 0.6 is 11.3 Å². The molecular formula is C23H20N4S. The van der Waals surface area contributed by atoms with Crippen LogP contribution in [0.4, 0.5) is 0 Å². The highest BCUT2D eigenvalue weighted by Crippen LogP contribution is 2.30. The van der Waals surface area contributed by atoms with Gasteiger partial charge in [0, 0.05) is 11.1 Å². The van der Waals surface area contributed by atoms with Crippen LogP contribution in [0.2, 0.25) is 0 Å². The average molecular weight is 385 g/mol. The molecule has 3 heterocycles. The second-order valence-electron chi connectivity index (χ2n) is 6.91. The summed E-state index contributed by atoms with van der Waals surface area (Å²) < 4.78 is 2.16. The number of fused-ring (bicyclic) bond motifs is 3. The monoisotopic (exact) mass is 384 g/mol. The Labute approximate surface area is 167 Å². The van der Waals surface area contributed by atoms with Gasteiger partial charge in [0.25, 0.3) is 0 Å². The zero-order valence-electron chi connectivity index (χ0n) is 15.4. The van der Waals surface area contributed by atoms with E-state index in [0.29, 0.717) is 0 Å². The van der Waals surface area contributed by atoms with Crippen molar-refractivity contribution in [1.82, 2.24) is 14.5 Å². The van der Waals surface area contributed by atoms with Crippen molar-refractivity contribution in [1.29, 1.82) is 0 Å². The standard InChI is InChI=1S/C23H20N4S/c24-10-1-2-16-3-6-19(7-4-16)27-15-26-22-13-25-21-8-5-17(12-20(21)23(22)27)18-9-11-28-14-18/h3-9,11-15H,1-2,10,24H2. The molecule has 5 rings (SSSR count). The third kappa shape index (κ3) is 2.99. The highest BCUT2D eigenvalue weighted by atomic mass is 32.1. The molecule has 0 aliphatic carbocycles. The van der Waals surface area contributed by atoms with Gasteiger partial charge in [-0.1, -0.05) is 18.2 Å². The Kier molecular flexibility index (Phi) is 4.39. The van der Waals surface area contributed by atoms with Crippen molar-refractivity contribution in [2.24, 2.45) is 5.73 Å². The summed E-state index contributed by atoms with van der Waals surface area (Å²) in [7, 11) is 0. The number of rotatable bonds is 5. The summed E-state index contributed by atoms with van der Waals surface area (Å²) in [6.45, 7) is 0.722. The van der Waals surface area contributed by atoms with E-state index in [1.807, 2.05) is 12.5 Å². The molecule has 5 heteroatoms. The summed E-state index contributed by atoms with van der Waals surface area (Å²) >= 11 is 1.71. The summed E-state index contributed by atoms with van der Waals surface area (Å²) in [5.74, 6) is 0. The molecule has 0 fully saturated rings. The number of thiophene rings is 1. The lowest BCUT2D eigenvalue weighted by atomic mass is 10.1. The van der Waals surface area contributed by atoms with E-state index < -0.39 is 0 Å². The largest absolute Gasteiger partial charge is 0.330 e. The van der Waals surface area contributed by atoms with Gasteiger partial charge in [0.05, 0.1) is 17.2 Å². The number of benzene rings is 2. The van der Waals surface area contributed by atoms with Gasteiger partial charge in [0.2, 0.25) is 0 Å². The van der Waals surface area contributed by atoms with E-state index in [1.165, 1.54) is 16.7 Å². The highest BCUT2D eigenvalue weighted by molar-refractivity contribution is 7.08. The molecule has 0 aliphatic rings. The van der Waals surface area contributed by atoms with Crippen molar-refractivity contribution in [3.05, 3.63) is 77.4 Å². The molecule has 2 aromatic carbocycles. The van der Waals surface area contributed by atoms with Gasteiger partial charge < -0.3 is 5.73 Å². The van der Waals surface area contributed by atoms with Crippen LogP contribution in [0.25, 0.3) is 38.8 Å². The molecular weight excluding hydrogens is 364 g/mol. The first kappa shape index (κ1) is 17.1. The number of nitrogens with zero attached hydrogens (tertiary/aromatic N) is 3. The van der Waals surface area contributed by atoms with Gasteiger partial charge in [-0.15, -0.1) is 0 Å². The van der Waals surface area contributed by atoms with E-state index in [2.05, 4.69) is 73.8 Å². The van der Waals surface area contributed by atoms with Gasteiger partial charge in [-0.25, -0.2) is 4.98 Å². The van der Waals surface area contributed by atoms with Gasteiger partial charge in [0.1, 0.15) is 11.8 Å². The molecule has 4 nitrogen and oxygen atoms in total. The maximum atomic E-state index is 5.63. The fourth-order valence-electron chi connectivity index (χ4n) is 3.63. The number of aryl methyl sites for hydroxylation is 1. The maximum absolute atomic E-state index is 5.63. The second-order valence-corrected chi connectivity index (χ2v) is 7.69. The second kappa shape index (κ2) is 7.19. The van der Waals surface area contributed by atoms with E-state index in [-0.39, 0.29) is 0 Å². The first-order valence-electron chi connectivity index (χ1n) is 9.41. The smallest absolute Gasteiger partial charge is 0.108 e. The van der Waals surface area contributed by atoms with Crippen molar-refractivity contribution < 1.29 is 0 Å². The molecule has 0 atom stereocenters. The fourth-order valence-corrected chi connectivity index (χ4v) is 4.29. The Bertz CT molecular complexity index is 1240. The highest BCUT2D eigenvalue weighted by Gasteiger charge is 2.11. The number of imidazole rings is 1. The van der Waals surface area contributed by atoms with Crippen molar-refractivity contribution in [3.63, 3.8) is 0 Å². The molecule has 2 N–H and O–H groups in total. The Morgan fingerprint density at radius 3 is 2.61 bits per heavy atom. The molecule has 0 aliphatic heterocycles. The van der Waals surface area contributed by atoms with Gasteiger partial charge in [-0.05, 0) is 77.2 Å². The van der Waals surface area contributed by atoms with Crippen LogP contribution in [-0.2, 0) is 6.42 Å². The van der Waals surface area contributed by atoms with E-state index in [1.54, 1.807) is 11.3 Å². The zero-order valence-corrected chi connectivity index (χ0v) is 16.2. The van der Waals surface area contributed by atoms with Crippen molar-refractivity contribution >= 4 is 33.3 Å². The van der Waals surface area contributed by atoms with Crippen LogP contribution in [0.3, 0.4) is 0 Å². The average Bonchev–Trinajstić information content (AvgIpc) is 3.42. The van der Waals surface area contributed by atoms with Crippen LogP contribution in [0.15, 0.2) is 71.8 Å². The Hall–Kier alpha value is -3.02. The molecule has 0 radical (unpaired) electrons. The Morgan fingerprint density at radius 1 is 0.929 bits per heavy atom. The van der Waals surface area contributed by atoms with Crippen molar-refractivity contribution in [2.75, 3.05) is 6.54 Å². The van der Waals surface area contributed by atoms with Crippen LogP contribution in [0, 0.1) is 0 Å². The molecule has 0 saturated carbocycles. The molecule has 0 unspecified atom stereocenters. The van der Waals surface area contributed by atoms with Gasteiger partial charge in [0.15, 0.2) is 0 Å². The predicted octanol–water partition coefficient (Wildman–Crippen LogP) is 5.19. The van der Waals surface area contributed by atoms with Crippen LogP contribution in [-0.4, -0.2) is 21.1 Å². The van der Waals surface area contributed by atoms with E-state index in [9.17, 15) is 0 Å². The molecule has 0 bridgehead atoms. The van der Waals surface area contributed by atoms with Crippen LogP contribution in [0.1, 0.15) is 12.0 Å². The molecule has 0 saturated heterocycles. The molecule has 0 spiro atoms. The summed E-state index contributed by atoms with van der Waals surface area (Å²) in [6, 6.07) is 17.3. The third-order valence-corrected chi connectivity index (χ3v) is 5.80. The van der Waals surface area contributed by atoms with E-state index in [4.69, 9.17) is 5.73 Å². The predicted molar refractivity (Wildman–Crippen MR) is 117 cm³/mol. The van der Waals surface area contributed by atoms with E-state index >= 15 is 0 Å². The number of nitrogens with two attached hydrogens (primary N) is 1. The minimum absolute atomic E-state index is 0.722. The lowest BCUT2D eigenvalue weighted by Gasteiger charge is -2.09. The summed E-state index contributed by atoms with van der Waals surface area (Å²) in [4.78, 5) is 9.20. The van der Waals surface area contributed by atoms with Crippen LogP contribution < -0.4 is 5.73 Å². The van der Waals surface area contributed by atoms with E-state index in [0.717, 1.165) is 47.0 Å². The maximum Gasteiger partial charge on any atom is 0.108 e. The normalized spacial score (nSPS) is 11.5. The van der Waals surface area contributed by atoms with Gasteiger partial charge in [-0.2, -0.15) is 11.3 Å². The summed E-state index contributed by atoms with van der Waals surface area (Å²) in [5, 5.41) is 5.40. The minimum atomic E-state index is 0.722. The minimum Gasteiger partial charge on any atom is -0.330 e. The molecule has 3 aromatic heterocycles. The number of hydrogen-bond acceptors (Lipinski definition) is 4. The molecule has 138 valence electrons. The Balaban J connectivity index is 1.66. The molecule has 28 heavy (non-hydrogen) atoms. The number of hydrogen-bond donors (Lipinski definition) is 1.